The standard InChI is InChI=1S/C11H17N5O4/c12-4-10(18)14-2-1-9(17)16-8(11(19)20)3-7-5-13-6-15-7/h5-6,8H,1-4,12H2,(H,13,15)(H,14,18)(H,16,17)(H,19,20)/t8-/m0/s1. The van der Waals surface area contributed by atoms with E-state index in [9.17, 15) is 14.4 Å². The van der Waals surface area contributed by atoms with Crippen LogP contribution in [0, 0.1) is 0 Å². The van der Waals surface area contributed by atoms with Crippen LogP contribution in [0.3, 0.4) is 0 Å². The van der Waals surface area contributed by atoms with Crippen molar-refractivity contribution >= 4 is 17.8 Å². The van der Waals surface area contributed by atoms with Gasteiger partial charge in [-0.2, -0.15) is 0 Å². The van der Waals surface area contributed by atoms with Crippen LogP contribution in [0.4, 0.5) is 0 Å². The first-order valence-electron chi connectivity index (χ1n) is 5.99. The number of amides is 2. The Morgan fingerprint density at radius 2 is 2.15 bits per heavy atom. The molecule has 0 fully saturated rings. The first kappa shape index (κ1) is 15.6. The Balaban J connectivity index is 2.39. The summed E-state index contributed by atoms with van der Waals surface area (Å²) in [6.07, 6.45) is 3.05. The number of H-pyrrole nitrogens is 1. The number of nitrogens with two attached hydrogens (primary N) is 1. The van der Waals surface area contributed by atoms with Crippen LogP contribution in [0.5, 0.6) is 0 Å². The van der Waals surface area contributed by atoms with Gasteiger partial charge in [-0.05, 0) is 0 Å². The van der Waals surface area contributed by atoms with Gasteiger partial charge in [0.15, 0.2) is 0 Å². The van der Waals surface area contributed by atoms with Crippen LogP contribution in [-0.2, 0) is 20.8 Å². The molecule has 0 spiro atoms. The van der Waals surface area contributed by atoms with Crippen molar-refractivity contribution in [2.24, 2.45) is 5.73 Å². The van der Waals surface area contributed by atoms with Crippen LogP contribution < -0.4 is 16.4 Å². The molecule has 0 radical (unpaired) electrons. The first-order valence-corrected chi connectivity index (χ1v) is 5.99. The third kappa shape index (κ3) is 5.48. The summed E-state index contributed by atoms with van der Waals surface area (Å²) < 4.78 is 0. The van der Waals surface area contributed by atoms with E-state index in [1.165, 1.54) is 6.33 Å². The zero-order chi connectivity index (χ0) is 15.0. The van der Waals surface area contributed by atoms with Crippen LogP contribution in [0.1, 0.15) is 12.1 Å². The van der Waals surface area contributed by atoms with Gasteiger partial charge in [0.2, 0.25) is 11.8 Å². The number of nitrogens with zero attached hydrogens (tertiary/aromatic N) is 1. The normalized spacial score (nSPS) is 11.7. The summed E-state index contributed by atoms with van der Waals surface area (Å²) in [7, 11) is 0. The minimum absolute atomic E-state index is 0.0178. The maximum absolute atomic E-state index is 11.6. The van der Waals surface area contributed by atoms with Crippen LogP contribution in [0.15, 0.2) is 12.5 Å². The lowest BCUT2D eigenvalue weighted by Gasteiger charge is -2.13. The maximum Gasteiger partial charge on any atom is 0.326 e. The Bertz CT molecular complexity index is 459. The average molecular weight is 283 g/mol. The molecular formula is C11H17N5O4. The molecule has 1 atom stereocenters. The SMILES string of the molecule is NCC(=O)NCCC(=O)N[C@@H](Cc1c[nH]cn1)C(=O)O. The molecule has 0 saturated heterocycles. The number of aliphatic carboxylic acids is 1. The fraction of sp³-hybridized carbons (Fsp3) is 0.455. The van der Waals surface area contributed by atoms with Gasteiger partial charge in [-0.3, -0.25) is 9.59 Å². The van der Waals surface area contributed by atoms with E-state index in [0.29, 0.717) is 5.69 Å². The number of carbonyl (C=O) groups excluding carboxylic acids is 2. The highest BCUT2D eigenvalue weighted by molar-refractivity contribution is 5.84. The molecule has 1 aromatic rings. The highest BCUT2D eigenvalue weighted by Crippen LogP contribution is 1.99. The molecule has 0 aliphatic heterocycles. The minimum atomic E-state index is -1.15. The average Bonchev–Trinajstić information content (AvgIpc) is 2.90. The van der Waals surface area contributed by atoms with Crippen molar-refractivity contribution in [3.05, 3.63) is 18.2 Å². The van der Waals surface area contributed by atoms with E-state index in [0.717, 1.165) is 0 Å². The van der Waals surface area contributed by atoms with Gasteiger partial charge < -0.3 is 26.5 Å². The van der Waals surface area contributed by atoms with Crippen molar-refractivity contribution in [3.8, 4) is 0 Å². The Kier molecular flexibility index (Phi) is 6.17. The zero-order valence-electron chi connectivity index (χ0n) is 10.8. The number of carboxylic acid groups (broad SMARTS) is 1. The van der Waals surface area contributed by atoms with Gasteiger partial charge in [0.25, 0.3) is 0 Å². The lowest BCUT2D eigenvalue weighted by atomic mass is 10.1. The van der Waals surface area contributed by atoms with Crippen molar-refractivity contribution in [2.75, 3.05) is 13.1 Å². The molecule has 2 amide bonds. The summed E-state index contributed by atoms with van der Waals surface area (Å²) in [5.41, 5.74) is 5.62. The summed E-state index contributed by atoms with van der Waals surface area (Å²) in [5.74, 6) is -1.98. The van der Waals surface area contributed by atoms with Crippen LogP contribution >= 0.6 is 0 Å². The Morgan fingerprint density at radius 1 is 1.40 bits per heavy atom. The first-order chi connectivity index (χ1) is 9.52. The third-order valence-corrected chi connectivity index (χ3v) is 2.46. The highest BCUT2D eigenvalue weighted by atomic mass is 16.4. The number of aromatic nitrogens is 2. The summed E-state index contributed by atoms with van der Waals surface area (Å²) >= 11 is 0. The predicted octanol–water partition coefficient (Wildman–Crippen LogP) is -2.01. The van der Waals surface area contributed by atoms with Crippen molar-refractivity contribution in [3.63, 3.8) is 0 Å². The molecule has 0 saturated carbocycles. The quantitative estimate of drug-likeness (QED) is 0.372. The van der Waals surface area contributed by atoms with E-state index in [2.05, 4.69) is 20.6 Å². The highest BCUT2D eigenvalue weighted by Gasteiger charge is 2.21. The molecule has 1 aromatic heterocycles. The molecule has 0 unspecified atom stereocenters. The predicted molar refractivity (Wildman–Crippen MR) is 68.5 cm³/mol. The topological polar surface area (TPSA) is 150 Å². The van der Waals surface area contributed by atoms with E-state index >= 15 is 0 Å². The second-order valence-electron chi connectivity index (χ2n) is 4.03. The summed E-state index contributed by atoms with van der Waals surface area (Å²) in [4.78, 5) is 40.1. The number of aromatic amines is 1. The van der Waals surface area contributed by atoms with Crippen LogP contribution in [-0.4, -0.2) is 52.0 Å². The molecule has 1 heterocycles. The number of hydrogen-bond acceptors (Lipinski definition) is 5. The second-order valence-corrected chi connectivity index (χ2v) is 4.03. The minimum Gasteiger partial charge on any atom is -0.480 e. The van der Waals surface area contributed by atoms with Crippen molar-refractivity contribution in [1.82, 2.24) is 20.6 Å². The molecule has 0 bridgehead atoms. The lowest BCUT2D eigenvalue weighted by molar-refractivity contribution is -0.141. The monoisotopic (exact) mass is 283 g/mol. The summed E-state index contributed by atoms with van der Waals surface area (Å²) in [6, 6.07) is -1.06. The fourth-order valence-corrected chi connectivity index (χ4v) is 1.47. The van der Waals surface area contributed by atoms with Crippen LogP contribution in [0.25, 0.3) is 0 Å². The molecule has 0 aliphatic carbocycles. The summed E-state index contributed by atoms with van der Waals surface area (Å²) in [6.45, 7) is -0.0465. The van der Waals surface area contributed by atoms with Crippen LogP contribution in [0.2, 0.25) is 0 Å². The Labute approximate surface area is 114 Å². The van der Waals surface area contributed by atoms with Gasteiger partial charge in [-0.15, -0.1) is 0 Å². The Morgan fingerprint density at radius 3 is 2.70 bits per heavy atom. The number of imidazole rings is 1. The van der Waals surface area contributed by atoms with Gasteiger partial charge in [-0.1, -0.05) is 0 Å². The van der Waals surface area contributed by atoms with E-state index in [1.54, 1.807) is 6.20 Å². The molecule has 1 rings (SSSR count). The van der Waals surface area contributed by atoms with Crippen molar-refractivity contribution < 1.29 is 19.5 Å². The molecule has 6 N–H and O–H groups in total. The van der Waals surface area contributed by atoms with Crippen molar-refractivity contribution in [2.45, 2.75) is 18.9 Å². The van der Waals surface area contributed by atoms with E-state index < -0.39 is 17.9 Å². The van der Waals surface area contributed by atoms with Gasteiger partial charge in [0.05, 0.1) is 18.6 Å². The maximum atomic E-state index is 11.6. The third-order valence-electron chi connectivity index (χ3n) is 2.46. The molecule has 0 aliphatic rings. The molecule has 9 heteroatoms. The van der Waals surface area contributed by atoms with E-state index in [4.69, 9.17) is 10.8 Å². The molecule has 0 aromatic carbocycles. The second kappa shape index (κ2) is 7.89. The lowest BCUT2D eigenvalue weighted by Crippen LogP contribution is -2.43. The van der Waals surface area contributed by atoms with Gasteiger partial charge in [-0.25, -0.2) is 9.78 Å². The van der Waals surface area contributed by atoms with Gasteiger partial charge in [0.1, 0.15) is 6.04 Å². The molecule has 20 heavy (non-hydrogen) atoms. The van der Waals surface area contributed by atoms with E-state index in [1.807, 2.05) is 0 Å². The molecule has 110 valence electrons. The number of carboxylic acids is 1. The molecular weight excluding hydrogens is 266 g/mol. The number of rotatable bonds is 8. The Hall–Kier alpha value is -2.42. The summed E-state index contributed by atoms with van der Waals surface area (Å²) in [5, 5.41) is 13.8. The number of hydrogen-bond donors (Lipinski definition) is 5. The molecule has 9 nitrogen and oxygen atoms in total. The zero-order valence-corrected chi connectivity index (χ0v) is 10.8. The smallest absolute Gasteiger partial charge is 0.326 e. The van der Waals surface area contributed by atoms with E-state index in [-0.39, 0.29) is 31.8 Å². The van der Waals surface area contributed by atoms with Gasteiger partial charge in [0, 0.05) is 25.6 Å². The number of carbonyl (C=O) groups is 3. The number of nitrogens with one attached hydrogen (secondary N) is 3. The fourth-order valence-electron chi connectivity index (χ4n) is 1.47. The largest absolute Gasteiger partial charge is 0.480 e. The van der Waals surface area contributed by atoms with Crippen molar-refractivity contribution in [1.29, 1.82) is 0 Å². The van der Waals surface area contributed by atoms with Gasteiger partial charge >= 0.3 is 5.97 Å².